The Morgan fingerprint density at radius 3 is 0.832 bits per heavy atom. The lowest BCUT2D eigenvalue weighted by Gasteiger charge is -2.41. The van der Waals surface area contributed by atoms with E-state index in [0.717, 1.165) is 191 Å². The molecule has 0 bridgehead atoms. The molecule has 3 aromatic carbocycles. The summed E-state index contributed by atoms with van der Waals surface area (Å²) in [4.78, 5) is 109. The number of nitrogens with one attached hydrogen (secondary N) is 4. The van der Waals surface area contributed by atoms with Crippen molar-refractivity contribution in [1.82, 2.24) is 61.0 Å². The first-order chi connectivity index (χ1) is 70.4. The molecule has 9 fully saturated rings. The first-order valence-corrected chi connectivity index (χ1v) is 53.0. The smallest absolute Gasteiger partial charge is 0.451 e. The average molecular weight is 2190 g/mol. The van der Waals surface area contributed by atoms with Crippen LogP contribution in [-0.4, -0.2) is 240 Å². The predicted molar refractivity (Wildman–Crippen MR) is 531 cm³/mol. The Bertz CT molecular complexity index is 5060. The van der Waals surface area contributed by atoms with Crippen molar-refractivity contribution in [3.05, 3.63) is 142 Å². The van der Waals surface area contributed by atoms with Crippen LogP contribution in [0.4, 0.5) is 114 Å². The number of nitrogens with zero attached hydrogens (tertiary/aromatic N) is 14. The van der Waals surface area contributed by atoms with Gasteiger partial charge in [-0.05, 0) is 271 Å². The lowest BCUT2D eigenvalue weighted by atomic mass is 9.87. The summed E-state index contributed by atoms with van der Waals surface area (Å²) in [7, 11) is 0. The minimum absolute atomic E-state index is 0.0398. The fraction of sp³-hybridized carbons (Fsp3) is 0.654. The van der Waals surface area contributed by atoms with Crippen molar-refractivity contribution in [2.24, 2.45) is 35.5 Å². The molecule has 0 aliphatic carbocycles. The number of piperidine rings is 6. The van der Waals surface area contributed by atoms with Crippen molar-refractivity contribution in [3.8, 4) is 0 Å². The molecular weight excluding hydrogens is 2050 g/mol. The molecule has 12 heterocycles. The quantitative estimate of drug-likeness (QED) is 0.0140. The van der Waals surface area contributed by atoms with Crippen molar-refractivity contribution < 1.29 is 118 Å². The Hall–Kier alpha value is -10.2. The van der Waals surface area contributed by atoms with Gasteiger partial charge in [-0.25, -0.2) is 29.9 Å². The number of carboxylic acids is 1. The second-order valence-corrected chi connectivity index (χ2v) is 42.0. The summed E-state index contributed by atoms with van der Waals surface area (Å²) in [6.45, 7) is 18.7. The zero-order chi connectivity index (χ0) is 108. The van der Waals surface area contributed by atoms with Crippen LogP contribution in [0.3, 0.4) is 0 Å². The van der Waals surface area contributed by atoms with Crippen molar-refractivity contribution in [2.45, 2.75) is 262 Å². The van der Waals surface area contributed by atoms with E-state index in [9.17, 15) is 108 Å². The molecule has 0 saturated carbocycles. The van der Waals surface area contributed by atoms with Gasteiger partial charge < -0.3 is 60.5 Å². The van der Waals surface area contributed by atoms with Gasteiger partial charge in [0.05, 0.1) is 29.8 Å². The monoisotopic (exact) mass is 2190 g/mol. The number of carboxylic acid groups (broad SMARTS) is 1. The third kappa shape index (κ3) is 36.5. The number of amides is 3. The van der Waals surface area contributed by atoms with E-state index in [4.69, 9.17) is 9.84 Å². The minimum atomic E-state index is -4.77. The molecule has 9 aliphatic rings. The number of halogens is 19. The second-order valence-electron chi connectivity index (χ2n) is 41.5. The van der Waals surface area contributed by atoms with E-state index in [-0.39, 0.29) is 101 Å². The second kappa shape index (κ2) is 53.4. The third-order valence-corrected chi connectivity index (χ3v) is 29.8. The van der Waals surface area contributed by atoms with Crippen molar-refractivity contribution >= 4 is 86.3 Å². The summed E-state index contributed by atoms with van der Waals surface area (Å²) in [5.74, 6) is -1.23. The standard InChI is InChI=1S/C34H44F6N6O2.C33H42F6N6O3.C31H40F6N6O.C6H11BrO2/c1-23(47)22-44-16-10-24(11-17-44)3-2-4-25-12-18-45(19-13-25)29-21-30(43-32(42-29)34(38,39)40)46-20-14-28(46)31(48)41-15-9-26-5-7-27(8-6-26)33(35,36)37;34-32(35,36)25-6-4-24(5-7-25)8-14-40-30(48)26-13-19-45(26)28-20-27(41-31(42-28)33(37,38)39)44-17-11-23(12-18-44)3-1-2-22-9-15-43(16-10-22)21-29(46)47;32-30(33,34)24-6-4-23(5-7-24)10-16-39-28(44)25-13-19-43(25)27-20-26(40-29(41-27)31(35,36)37)42-17-11-22(12-18-42)3-1-2-21-8-14-38-15-9-21;1-6(2,3)9-5(8)4-7/h5-8,21,24-25,28H,2-4,9-20,22H2,1H3,(H,41,48);4-7,20,22-23,26H,1-3,8-19,21H2,(H,40,48)(H,46,47);4-7,20-22,25,38H,1-3,8-19H2,(H,39,44);4H2,1-3H3/t28-;26-;25-;/m000./s1. The van der Waals surface area contributed by atoms with Crippen LogP contribution in [0.5, 0.6) is 0 Å². The summed E-state index contributed by atoms with van der Waals surface area (Å²) in [5.41, 5.74) is -0.747. The average Bonchev–Trinajstić information content (AvgIpc) is 0.778. The van der Waals surface area contributed by atoms with Crippen molar-refractivity contribution in [3.63, 3.8) is 0 Å². The Kier molecular flexibility index (Phi) is 42.1. The number of likely N-dealkylation sites (tertiary alicyclic amines) is 2. The number of hydrogen-bond acceptors (Lipinski definition) is 22. The first-order valence-electron chi connectivity index (χ1n) is 51.8. The maximum Gasteiger partial charge on any atom is 0.451 e. The SMILES string of the molecule is CC(=O)CN1CCC(CCCC2CCN(c3cc(N4CC[C@H]4C(=O)NCCc4ccc(C(F)(F)F)cc4)nc(C(F)(F)F)n3)CC2)CC1.CC(C)(C)OC(=O)CBr.O=C(NCCc1ccc(C(F)(F)F)cc1)[C@@H]1CCN1c1cc(N2CCC(CCCC3CCNCC3)CC2)nc(C(F)(F)F)n1.O=C(O)CN1CCC(CCCC2CCN(c3cc(N4CC[C@H]4C(=O)NCCc4ccc(C(F)(F)F)cc4)nc(C(F)(F)F)n3)CC2)CC1. The number of Topliss-reactive ketones (excluding diaryl/α,β-unsaturated/α-hetero) is 1. The highest BCUT2D eigenvalue weighted by Crippen LogP contribution is 2.43. The van der Waals surface area contributed by atoms with Gasteiger partial charge in [-0.1, -0.05) is 110 Å². The molecule has 5 N–H and O–H groups in total. The molecule has 6 aromatic rings. The van der Waals surface area contributed by atoms with Gasteiger partial charge in [0.15, 0.2) is 0 Å². The van der Waals surface area contributed by atoms with Crippen molar-refractivity contribution in [1.29, 1.82) is 0 Å². The molecule has 3 amide bonds. The van der Waals surface area contributed by atoms with Crippen LogP contribution in [0.2, 0.25) is 0 Å². The first kappa shape index (κ1) is 117. The number of ketones is 1. The van der Waals surface area contributed by atoms with Crippen LogP contribution in [0.1, 0.15) is 233 Å². The molecule has 0 radical (unpaired) electrons. The number of rotatable bonds is 35. The molecule has 0 spiro atoms. The molecular formula is C104H137BrF18N18O8. The van der Waals surface area contributed by atoms with E-state index in [2.05, 4.69) is 72.0 Å². The number of hydrogen-bond donors (Lipinski definition) is 5. The van der Waals surface area contributed by atoms with Gasteiger partial charge >= 0.3 is 49.0 Å². The maximum absolute atomic E-state index is 13.9. The Morgan fingerprint density at radius 1 is 0.356 bits per heavy atom. The fourth-order valence-corrected chi connectivity index (χ4v) is 20.8. The Balaban J connectivity index is 0.000000190. The van der Waals surface area contributed by atoms with Crippen LogP contribution in [-0.2, 0) is 89.8 Å². The van der Waals surface area contributed by atoms with E-state index in [1.54, 1.807) is 22.8 Å². The van der Waals surface area contributed by atoms with Gasteiger partial charge in [-0.3, -0.25) is 38.6 Å². The van der Waals surface area contributed by atoms with Crippen molar-refractivity contribution in [2.75, 3.05) is 166 Å². The molecule has 3 atom stereocenters. The number of esters is 1. The van der Waals surface area contributed by atoms with E-state index in [0.29, 0.717) is 150 Å². The zero-order valence-corrected chi connectivity index (χ0v) is 86.1. The number of alkyl halides is 19. The van der Waals surface area contributed by atoms with E-state index >= 15 is 0 Å². The number of anilines is 6. The van der Waals surface area contributed by atoms with Gasteiger partial charge in [0.2, 0.25) is 35.2 Å². The molecule has 9 aliphatic heterocycles. The maximum atomic E-state index is 13.9. The number of aliphatic carboxylic acids is 1. The highest BCUT2D eigenvalue weighted by Gasteiger charge is 2.46. The Morgan fingerprint density at radius 2 is 0.611 bits per heavy atom. The lowest BCUT2D eigenvalue weighted by molar-refractivity contribution is -0.151. The molecule has 149 heavy (non-hydrogen) atoms. The van der Waals surface area contributed by atoms with Crippen LogP contribution in [0.15, 0.2) is 91.0 Å². The number of ether oxygens (including phenoxy) is 1. The van der Waals surface area contributed by atoms with E-state index < -0.39 is 95.3 Å². The number of aromatic nitrogens is 6. The molecule has 9 saturated heterocycles. The topological polar surface area (TPSA) is 283 Å². The van der Waals surface area contributed by atoms with Gasteiger partial charge in [0.25, 0.3) is 0 Å². The fourth-order valence-electron chi connectivity index (χ4n) is 20.7. The summed E-state index contributed by atoms with van der Waals surface area (Å²) in [5, 5.41) is 20.9. The molecule has 15 rings (SSSR count). The van der Waals surface area contributed by atoms with Crippen LogP contribution in [0.25, 0.3) is 0 Å². The summed E-state index contributed by atoms with van der Waals surface area (Å²) in [6.07, 6.45) is -3.17. The molecule has 824 valence electrons. The van der Waals surface area contributed by atoms with Gasteiger partial charge in [-0.2, -0.15) is 79.0 Å². The number of carbonyl (C=O) groups is 6. The van der Waals surface area contributed by atoms with E-state index in [1.165, 1.54) is 79.1 Å². The zero-order valence-electron chi connectivity index (χ0n) is 84.5. The van der Waals surface area contributed by atoms with Gasteiger partial charge in [-0.15, -0.1) is 0 Å². The number of carbonyl (C=O) groups excluding carboxylic acids is 5. The molecule has 26 nitrogen and oxygen atoms in total. The van der Waals surface area contributed by atoms with Crippen LogP contribution >= 0.6 is 15.9 Å². The number of benzene rings is 3. The lowest BCUT2D eigenvalue weighted by Crippen LogP contribution is -2.57. The highest BCUT2D eigenvalue weighted by molar-refractivity contribution is 9.09. The molecule has 3 aromatic heterocycles. The summed E-state index contributed by atoms with van der Waals surface area (Å²) in [6, 6.07) is 16.6. The van der Waals surface area contributed by atoms with Crippen LogP contribution < -0.4 is 50.7 Å². The Labute approximate surface area is 865 Å². The molecule has 45 heteroatoms. The highest BCUT2D eigenvalue weighted by atomic mass is 79.9. The minimum Gasteiger partial charge on any atom is -0.480 e. The predicted octanol–water partition coefficient (Wildman–Crippen LogP) is 19.3. The van der Waals surface area contributed by atoms with E-state index in [1.807, 2.05) is 40.4 Å². The van der Waals surface area contributed by atoms with Gasteiger partial charge in [0, 0.05) is 96.7 Å². The van der Waals surface area contributed by atoms with Crippen LogP contribution in [0, 0.1) is 35.5 Å². The normalized spacial score (nSPS) is 19.7. The van der Waals surface area contributed by atoms with Gasteiger partial charge in [0.1, 0.15) is 69.7 Å². The third-order valence-electron chi connectivity index (χ3n) is 29.4. The summed E-state index contributed by atoms with van der Waals surface area (Å²) >= 11 is 2.99. The molecule has 0 unspecified atom stereocenters. The largest absolute Gasteiger partial charge is 0.480 e. The summed E-state index contributed by atoms with van der Waals surface area (Å²) < 4.78 is 245.